The summed E-state index contributed by atoms with van der Waals surface area (Å²) in [6.07, 6.45) is 4.17. The maximum absolute atomic E-state index is 9.31. The van der Waals surface area contributed by atoms with Gasteiger partial charge in [0, 0.05) is 33.4 Å². The first-order chi connectivity index (χ1) is 29.6. The van der Waals surface area contributed by atoms with Crippen molar-refractivity contribution in [3.05, 3.63) is 234 Å². The predicted molar refractivity (Wildman–Crippen MR) is 252 cm³/mol. The van der Waals surface area contributed by atoms with Gasteiger partial charge in [0.05, 0.1) is 5.71 Å². The van der Waals surface area contributed by atoms with Crippen LogP contribution in [0.4, 0.5) is 0 Å². The lowest BCUT2D eigenvalue weighted by Crippen LogP contribution is -2.04. The lowest BCUT2D eigenvalue weighted by Gasteiger charge is -2.16. The topological polar surface area (TPSA) is 49.4 Å². The summed E-state index contributed by atoms with van der Waals surface area (Å²) in [7, 11) is 0. The highest BCUT2D eigenvalue weighted by Gasteiger charge is 2.31. The van der Waals surface area contributed by atoms with E-state index in [0.29, 0.717) is 5.71 Å². The van der Waals surface area contributed by atoms with E-state index in [9.17, 15) is 5.41 Å². The number of fused-ring (bicyclic) bond motifs is 11. The number of amidine groups is 1. The maximum atomic E-state index is 9.31. The molecular formula is C57H36N2O. The lowest BCUT2D eigenvalue weighted by atomic mass is 9.86. The molecule has 1 aliphatic carbocycles. The van der Waals surface area contributed by atoms with Crippen molar-refractivity contribution in [1.82, 2.24) is 0 Å². The Balaban J connectivity index is 1.04. The van der Waals surface area contributed by atoms with E-state index in [-0.39, 0.29) is 11.8 Å². The van der Waals surface area contributed by atoms with E-state index in [0.717, 1.165) is 49.4 Å². The quantitative estimate of drug-likeness (QED) is 0.106. The smallest absolute Gasteiger partial charge is 0.152 e. The van der Waals surface area contributed by atoms with Crippen LogP contribution in [0.15, 0.2) is 210 Å². The van der Waals surface area contributed by atoms with Crippen molar-refractivity contribution in [2.45, 2.75) is 5.92 Å². The van der Waals surface area contributed by atoms with Crippen LogP contribution in [0.3, 0.4) is 0 Å². The van der Waals surface area contributed by atoms with Crippen LogP contribution in [0.1, 0.15) is 39.3 Å². The molecule has 3 heteroatoms. The summed E-state index contributed by atoms with van der Waals surface area (Å²) in [5.41, 5.74) is 11.4. The fraction of sp³-hybridized carbons (Fsp3) is 0.0175. The van der Waals surface area contributed by atoms with E-state index in [2.05, 4.69) is 176 Å². The molecular weight excluding hydrogens is 729 g/mol. The van der Waals surface area contributed by atoms with Crippen molar-refractivity contribution >= 4 is 82.7 Å². The predicted octanol–water partition coefficient (Wildman–Crippen LogP) is 14.9. The van der Waals surface area contributed by atoms with Gasteiger partial charge in [0.25, 0.3) is 0 Å². The average molecular weight is 765 g/mol. The van der Waals surface area contributed by atoms with Gasteiger partial charge in [0.1, 0.15) is 11.2 Å². The molecule has 1 unspecified atom stereocenters. The molecule has 1 aromatic heterocycles. The van der Waals surface area contributed by atoms with Crippen LogP contribution in [0.2, 0.25) is 0 Å². The Morgan fingerprint density at radius 2 is 1.13 bits per heavy atom. The molecule has 60 heavy (non-hydrogen) atoms. The fourth-order valence-electron chi connectivity index (χ4n) is 9.47. The first-order valence-electron chi connectivity index (χ1n) is 20.5. The highest BCUT2D eigenvalue weighted by atomic mass is 16.3. The summed E-state index contributed by atoms with van der Waals surface area (Å²) in [6, 6.07) is 68.9. The number of aliphatic imine (C=N–C) groups is 1. The third-order valence-corrected chi connectivity index (χ3v) is 12.4. The van der Waals surface area contributed by atoms with Crippen molar-refractivity contribution in [2.24, 2.45) is 4.99 Å². The molecule has 0 saturated carbocycles. The normalized spacial score (nSPS) is 13.9. The maximum Gasteiger partial charge on any atom is 0.152 e. The molecule has 1 atom stereocenters. The lowest BCUT2D eigenvalue weighted by molar-refractivity contribution is 0.668. The van der Waals surface area contributed by atoms with Gasteiger partial charge in [0.15, 0.2) is 5.84 Å². The molecule has 0 spiro atoms. The van der Waals surface area contributed by atoms with Gasteiger partial charge in [-0.1, -0.05) is 152 Å². The van der Waals surface area contributed by atoms with Crippen molar-refractivity contribution in [3.63, 3.8) is 0 Å². The third-order valence-electron chi connectivity index (χ3n) is 12.4. The molecule has 3 nitrogen and oxygen atoms in total. The van der Waals surface area contributed by atoms with Gasteiger partial charge in [-0.25, -0.2) is 4.99 Å². The summed E-state index contributed by atoms with van der Waals surface area (Å²) in [6.45, 7) is 0. The molecule has 0 amide bonds. The van der Waals surface area contributed by atoms with Crippen LogP contribution in [-0.2, 0) is 0 Å². The van der Waals surface area contributed by atoms with Crippen molar-refractivity contribution in [3.8, 4) is 11.1 Å². The summed E-state index contributed by atoms with van der Waals surface area (Å²) in [4.78, 5) is 5.03. The average Bonchev–Trinajstić information content (AvgIpc) is 3.83. The third kappa shape index (κ3) is 5.59. The van der Waals surface area contributed by atoms with Crippen LogP contribution in [-0.4, -0.2) is 11.5 Å². The molecule has 0 saturated heterocycles. The van der Waals surface area contributed by atoms with Crippen molar-refractivity contribution in [2.75, 3.05) is 0 Å². The van der Waals surface area contributed by atoms with E-state index in [1.807, 2.05) is 30.3 Å². The summed E-state index contributed by atoms with van der Waals surface area (Å²) in [5, 5.41) is 20.9. The molecule has 11 aromatic rings. The van der Waals surface area contributed by atoms with Crippen molar-refractivity contribution in [1.29, 1.82) is 5.41 Å². The zero-order valence-electron chi connectivity index (χ0n) is 32.6. The Hall–Kier alpha value is -7.88. The van der Waals surface area contributed by atoms with Crippen LogP contribution < -0.4 is 0 Å². The van der Waals surface area contributed by atoms with Gasteiger partial charge in [-0.05, 0) is 126 Å². The number of rotatable bonds is 5. The number of hydrogen-bond donors (Lipinski definition) is 1. The van der Waals surface area contributed by atoms with E-state index in [1.54, 1.807) is 0 Å². The van der Waals surface area contributed by atoms with Crippen LogP contribution in [0.5, 0.6) is 0 Å². The molecule has 12 rings (SSSR count). The number of hydrogen-bond acceptors (Lipinski definition) is 2. The van der Waals surface area contributed by atoms with Crippen LogP contribution in [0.25, 0.3) is 82.2 Å². The van der Waals surface area contributed by atoms with Crippen LogP contribution in [0, 0.1) is 5.41 Å². The molecule has 0 radical (unpaired) electrons. The number of nitrogens with one attached hydrogen (secondary N) is 1. The minimum absolute atomic E-state index is 0.0308. The standard InChI is InChI=1S/C57H36N2O/c58-57(43-24-26-46-41(28-43)23-22-35-12-8-9-19-45(35)46)59-53(36-13-2-1-3-14-36)27-25-42-29-44(33-52-50-31-38-16-6-7-18-40(38)34-54(50)60-56(42)52)55-48-21-11-10-20-47(48)49-30-37-15-4-5-17-39(37)32-51(49)55/h1-34,55,58H/b27-25+,58-57?,59-53?. The molecule has 0 bridgehead atoms. The van der Waals surface area contributed by atoms with Gasteiger partial charge in [-0.3, -0.25) is 5.41 Å². The Bertz CT molecular complexity index is 3630. The van der Waals surface area contributed by atoms with Gasteiger partial charge in [0.2, 0.25) is 0 Å². The van der Waals surface area contributed by atoms with Gasteiger partial charge in [-0.15, -0.1) is 0 Å². The van der Waals surface area contributed by atoms with E-state index < -0.39 is 0 Å². The molecule has 0 fully saturated rings. The second-order valence-electron chi connectivity index (χ2n) is 15.9. The zero-order valence-corrected chi connectivity index (χ0v) is 32.6. The Labute approximate surface area is 346 Å². The summed E-state index contributed by atoms with van der Waals surface area (Å²) >= 11 is 0. The molecule has 0 aliphatic heterocycles. The Morgan fingerprint density at radius 3 is 1.97 bits per heavy atom. The monoisotopic (exact) mass is 764 g/mol. The fourth-order valence-corrected chi connectivity index (χ4v) is 9.47. The largest absolute Gasteiger partial charge is 0.455 e. The molecule has 1 N–H and O–H groups in total. The number of allylic oxidation sites excluding steroid dienone is 1. The SMILES string of the molecule is N=C(N=C(/C=C/c1cc(C2c3ccccc3-c3cc4ccccc4cc32)cc2c1oc1cc3ccccc3cc12)c1ccccc1)c1ccc2c(ccc3ccccc32)c1. The van der Waals surface area contributed by atoms with Crippen molar-refractivity contribution < 1.29 is 4.42 Å². The molecule has 280 valence electrons. The Kier molecular flexibility index (Phi) is 7.76. The Morgan fingerprint density at radius 1 is 0.467 bits per heavy atom. The first-order valence-corrected chi connectivity index (χ1v) is 20.5. The molecule has 10 aromatic carbocycles. The van der Waals surface area contributed by atoms with Crippen LogP contribution >= 0.6 is 0 Å². The zero-order chi connectivity index (χ0) is 39.7. The molecule has 1 heterocycles. The van der Waals surface area contributed by atoms with E-state index >= 15 is 0 Å². The van der Waals surface area contributed by atoms with E-state index in [1.165, 1.54) is 60.1 Å². The molecule has 1 aliphatic rings. The second kappa shape index (κ2) is 13.6. The summed E-state index contributed by atoms with van der Waals surface area (Å²) in [5.74, 6) is 0.234. The van der Waals surface area contributed by atoms with Gasteiger partial charge < -0.3 is 4.42 Å². The number of furan rings is 1. The minimum Gasteiger partial charge on any atom is -0.455 e. The highest BCUT2D eigenvalue weighted by Crippen LogP contribution is 2.50. The number of benzene rings is 10. The highest BCUT2D eigenvalue weighted by molar-refractivity contribution is 6.19. The minimum atomic E-state index is 0.0308. The number of nitrogens with zero attached hydrogens (tertiary/aromatic N) is 1. The first kappa shape index (κ1) is 34.2. The van der Waals surface area contributed by atoms with Gasteiger partial charge >= 0.3 is 0 Å². The second-order valence-corrected chi connectivity index (χ2v) is 15.9. The van der Waals surface area contributed by atoms with E-state index in [4.69, 9.17) is 9.41 Å². The summed E-state index contributed by atoms with van der Waals surface area (Å²) < 4.78 is 6.83. The van der Waals surface area contributed by atoms with Gasteiger partial charge in [-0.2, -0.15) is 0 Å².